The summed E-state index contributed by atoms with van der Waals surface area (Å²) >= 11 is 0. The number of sulfone groups is 1. The van der Waals surface area contributed by atoms with Gasteiger partial charge in [0.15, 0.2) is 0 Å². The fourth-order valence-electron chi connectivity index (χ4n) is 2.05. The Morgan fingerprint density at radius 2 is 1.77 bits per heavy atom. The summed E-state index contributed by atoms with van der Waals surface area (Å²) in [5, 5.41) is 0. The number of hydrogen-bond acceptors (Lipinski definition) is 3. The minimum atomic E-state index is -2.75. The molecule has 0 aromatic rings. The molecule has 0 aromatic heterocycles. The van der Waals surface area contributed by atoms with Crippen molar-refractivity contribution >= 4 is 9.84 Å². The van der Waals surface area contributed by atoms with Crippen molar-refractivity contribution in [3.63, 3.8) is 0 Å². The van der Waals surface area contributed by atoms with Gasteiger partial charge in [0, 0.05) is 5.54 Å². The molecule has 0 unspecified atom stereocenters. The molecular formula is C9H17NO2S. The maximum Gasteiger partial charge on any atom is 0.150 e. The van der Waals surface area contributed by atoms with Crippen LogP contribution < -0.4 is 5.73 Å². The zero-order valence-corrected chi connectivity index (χ0v) is 8.65. The summed E-state index contributed by atoms with van der Waals surface area (Å²) in [6, 6.07) is 0. The van der Waals surface area contributed by atoms with Gasteiger partial charge >= 0.3 is 0 Å². The third-order valence-corrected chi connectivity index (χ3v) is 4.87. The van der Waals surface area contributed by atoms with Crippen LogP contribution in [-0.4, -0.2) is 25.5 Å². The van der Waals surface area contributed by atoms with Crippen LogP contribution >= 0.6 is 0 Å². The van der Waals surface area contributed by atoms with Gasteiger partial charge in [0.2, 0.25) is 0 Å². The SMILES string of the molecule is NC1(CC2CC2)CCS(=O)(=O)CC1. The summed E-state index contributed by atoms with van der Waals surface area (Å²) in [4.78, 5) is 0. The fraction of sp³-hybridized carbons (Fsp3) is 1.00. The summed E-state index contributed by atoms with van der Waals surface area (Å²) < 4.78 is 22.4. The van der Waals surface area contributed by atoms with Gasteiger partial charge < -0.3 is 5.73 Å². The zero-order chi connectivity index (χ0) is 9.53. The quantitative estimate of drug-likeness (QED) is 0.718. The second kappa shape index (κ2) is 2.95. The molecule has 3 nitrogen and oxygen atoms in total. The van der Waals surface area contributed by atoms with Crippen molar-refractivity contribution in [1.29, 1.82) is 0 Å². The van der Waals surface area contributed by atoms with Crippen LogP contribution in [0.2, 0.25) is 0 Å². The Balaban J connectivity index is 1.94. The van der Waals surface area contributed by atoms with Crippen molar-refractivity contribution < 1.29 is 8.42 Å². The lowest BCUT2D eigenvalue weighted by atomic mass is 9.88. The van der Waals surface area contributed by atoms with E-state index in [1.54, 1.807) is 0 Å². The molecule has 0 aromatic carbocycles. The van der Waals surface area contributed by atoms with Crippen LogP contribution in [-0.2, 0) is 9.84 Å². The van der Waals surface area contributed by atoms with E-state index >= 15 is 0 Å². The molecule has 13 heavy (non-hydrogen) atoms. The summed E-state index contributed by atoms with van der Waals surface area (Å²) in [7, 11) is -2.75. The molecule has 0 bridgehead atoms. The maximum absolute atomic E-state index is 11.2. The molecule has 2 aliphatic rings. The Bertz CT molecular complexity index is 279. The Labute approximate surface area is 79.6 Å². The van der Waals surface area contributed by atoms with Crippen molar-refractivity contribution in [2.45, 2.75) is 37.6 Å². The van der Waals surface area contributed by atoms with Crippen LogP contribution in [0.15, 0.2) is 0 Å². The minimum Gasteiger partial charge on any atom is -0.325 e. The summed E-state index contributed by atoms with van der Waals surface area (Å²) in [5.74, 6) is 1.40. The molecule has 76 valence electrons. The van der Waals surface area contributed by atoms with E-state index in [1.807, 2.05) is 0 Å². The van der Waals surface area contributed by atoms with E-state index in [0.717, 1.165) is 12.3 Å². The molecule has 1 heterocycles. The van der Waals surface area contributed by atoms with Gasteiger partial charge in [-0.2, -0.15) is 0 Å². The third-order valence-electron chi connectivity index (χ3n) is 3.21. The number of hydrogen-bond donors (Lipinski definition) is 1. The highest BCUT2D eigenvalue weighted by Crippen LogP contribution is 2.39. The molecule has 1 aliphatic carbocycles. The highest BCUT2D eigenvalue weighted by molar-refractivity contribution is 7.91. The smallest absolute Gasteiger partial charge is 0.150 e. The van der Waals surface area contributed by atoms with E-state index in [2.05, 4.69) is 0 Å². The highest BCUT2D eigenvalue weighted by atomic mass is 32.2. The average molecular weight is 203 g/mol. The van der Waals surface area contributed by atoms with Crippen LogP contribution in [0.1, 0.15) is 32.1 Å². The normalized spacial score (nSPS) is 31.5. The molecule has 4 heteroatoms. The van der Waals surface area contributed by atoms with Gasteiger partial charge in [-0.25, -0.2) is 8.42 Å². The summed E-state index contributed by atoms with van der Waals surface area (Å²) in [6.45, 7) is 0. The van der Waals surface area contributed by atoms with Crippen LogP contribution in [0.3, 0.4) is 0 Å². The van der Waals surface area contributed by atoms with Crippen LogP contribution in [0.5, 0.6) is 0 Å². The van der Waals surface area contributed by atoms with Crippen LogP contribution in [0, 0.1) is 5.92 Å². The highest BCUT2D eigenvalue weighted by Gasteiger charge is 2.38. The first-order valence-corrected chi connectivity index (χ1v) is 6.81. The Morgan fingerprint density at radius 3 is 2.23 bits per heavy atom. The molecule has 1 saturated heterocycles. The Morgan fingerprint density at radius 1 is 1.23 bits per heavy atom. The standard InChI is InChI=1S/C9H17NO2S/c10-9(7-8-1-2-8)3-5-13(11,12)6-4-9/h8H,1-7,10H2. The largest absolute Gasteiger partial charge is 0.325 e. The third kappa shape index (κ3) is 2.44. The lowest BCUT2D eigenvalue weighted by Gasteiger charge is -2.33. The first kappa shape index (κ1) is 9.46. The molecule has 2 rings (SSSR count). The molecule has 0 atom stereocenters. The fourth-order valence-corrected chi connectivity index (χ4v) is 3.68. The Hall–Kier alpha value is -0.0900. The average Bonchev–Trinajstić information content (AvgIpc) is 2.81. The van der Waals surface area contributed by atoms with Crippen molar-refractivity contribution in [3.05, 3.63) is 0 Å². The van der Waals surface area contributed by atoms with E-state index in [-0.39, 0.29) is 5.54 Å². The monoisotopic (exact) mass is 203 g/mol. The van der Waals surface area contributed by atoms with Crippen molar-refractivity contribution in [2.75, 3.05) is 11.5 Å². The van der Waals surface area contributed by atoms with E-state index in [1.165, 1.54) is 12.8 Å². The predicted molar refractivity (Wildman–Crippen MR) is 52.1 cm³/mol. The zero-order valence-electron chi connectivity index (χ0n) is 7.83. The van der Waals surface area contributed by atoms with Gasteiger partial charge in [0.25, 0.3) is 0 Å². The number of nitrogens with two attached hydrogens (primary N) is 1. The lowest BCUT2D eigenvalue weighted by molar-refractivity contribution is 0.338. The van der Waals surface area contributed by atoms with Crippen molar-refractivity contribution in [3.8, 4) is 0 Å². The molecule has 0 amide bonds. The van der Waals surface area contributed by atoms with Gasteiger partial charge in [-0.3, -0.25) is 0 Å². The lowest BCUT2D eigenvalue weighted by Crippen LogP contribution is -2.47. The molecular weight excluding hydrogens is 186 g/mol. The van der Waals surface area contributed by atoms with Crippen molar-refractivity contribution in [1.82, 2.24) is 0 Å². The molecule has 2 N–H and O–H groups in total. The molecule has 1 aliphatic heterocycles. The molecule has 0 spiro atoms. The molecule has 1 saturated carbocycles. The van der Waals surface area contributed by atoms with Gasteiger partial charge in [-0.15, -0.1) is 0 Å². The minimum absolute atomic E-state index is 0.160. The first-order chi connectivity index (χ1) is 5.99. The van der Waals surface area contributed by atoms with Crippen molar-refractivity contribution in [2.24, 2.45) is 11.7 Å². The van der Waals surface area contributed by atoms with E-state index in [0.29, 0.717) is 24.3 Å². The molecule has 2 fully saturated rings. The van der Waals surface area contributed by atoms with Gasteiger partial charge in [-0.1, -0.05) is 12.8 Å². The topological polar surface area (TPSA) is 60.2 Å². The molecule has 0 radical (unpaired) electrons. The van der Waals surface area contributed by atoms with Crippen LogP contribution in [0.4, 0.5) is 0 Å². The predicted octanol–water partition coefficient (Wildman–Crippen LogP) is 0.693. The van der Waals surface area contributed by atoms with Crippen LogP contribution in [0.25, 0.3) is 0 Å². The summed E-state index contributed by atoms with van der Waals surface area (Å²) in [6.07, 6.45) is 4.98. The van der Waals surface area contributed by atoms with E-state index < -0.39 is 9.84 Å². The second-order valence-corrected chi connectivity index (χ2v) is 6.97. The van der Waals surface area contributed by atoms with Gasteiger partial charge in [-0.05, 0) is 25.2 Å². The van der Waals surface area contributed by atoms with E-state index in [9.17, 15) is 8.42 Å². The first-order valence-electron chi connectivity index (χ1n) is 4.98. The second-order valence-electron chi connectivity index (χ2n) is 4.66. The number of rotatable bonds is 2. The summed E-state index contributed by atoms with van der Waals surface area (Å²) in [5.41, 5.74) is 6.00. The van der Waals surface area contributed by atoms with E-state index in [4.69, 9.17) is 5.73 Å². The Kier molecular flexibility index (Phi) is 2.15. The maximum atomic E-state index is 11.2. The van der Waals surface area contributed by atoms with Gasteiger partial charge in [0.05, 0.1) is 11.5 Å². The van der Waals surface area contributed by atoms with Gasteiger partial charge in [0.1, 0.15) is 9.84 Å².